The van der Waals surface area contributed by atoms with E-state index in [1.165, 1.54) is 11.3 Å². The van der Waals surface area contributed by atoms with E-state index in [0.717, 1.165) is 50.1 Å². The molecular formula is C39H36N12O5S. The fourth-order valence-corrected chi connectivity index (χ4v) is 8.96. The Morgan fingerprint density at radius 2 is 1.77 bits per heavy atom. The van der Waals surface area contributed by atoms with Crippen molar-refractivity contribution in [3.63, 3.8) is 0 Å². The Balaban J connectivity index is 0.756. The first kappa shape index (κ1) is 36.1. The number of benzene rings is 1. The monoisotopic (exact) mass is 784 g/mol. The second-order valence-corrected chi connectivity index (χ2v) is 15.6. The van der Waals surface area contributed by atoms with E-state index in [1.807, 2.05) is 29.9 Å². The highest BCUT2D eigenvalue weighted by Crippen LogP contribution is 2.41. The zero-order valence-corrected chi connectivity index (χ0v) is 31.6. The molecule has 1 atom stereocenters. The van der Waals surface area contributed by atoms with Gasteiger partial charge >= 0.3 is 0 Å². The number of piperidine rings is 1. The predicted molar refractivity (Wildman–Crippen MR) is 208 cm³/mol. The van der Waals surface area contributed by atoms with Crippen molar-refractivity contribution in [3.05, 3.63) is 76.7 Å². The van der Waals surface area contributed by atoms with E-state index < -0.39 is 29.7 Å². The number of carbonyl (C=O) groups excluding carboxylic acids is 5. The third kappa shape index (κ3) is 6.63. The van der Waals surface area contributed by atoms with E-state index in [9.17, 15) is 29.2 Å². The Bertz CT molecular complexity index is 2530. The minimum Gasteiger partial charge on any atom is -0.387 e. The summed E-state index contributed by atoms with van der Waals surface area (Å²) in [5.41, 5.74) is 4.17. The quantitative estimate of drug-likeness (QED) is 0.184. The lowest BCUT2D eigenvalue weighted by atomic mass is 9.81. The maximum Gasteiger partial charge on any atom is 0.262 e. The number of rotatable bonds is 9. The van der Waals surface area contributed by atoms with Gasteiger partial charge in [-0.2, -0.15) is 5.26 Å². The number of amides is 5. The first-order valence-corrected chi connectivity index (χ1v) is 19.5. The second-order valence-electron chi connectivity index (χ2n) is 14.6. The van der Waals surface area contributed by atoms with Gasteiger partial charge in [0.05, 0.1) is 28.8 Å². The number of nitrogens with zero attached hydrogens (tertiary/aromatic N) is 9. The van der Waals surface area contributed by atoms with Gasteiger partial charge in [-0.25, -0.2) is 9.97 Å². The van der Waals surface area contributed by atoms with Crippen LogP contribution in [0.3, 0.4) is 0 Å². The molecule has 1 aromatic carbocycles. The van der Waals surface area contributed by atoms with E-state index >= 15 is 0 Å². The van der Waals surface area contributed by atoms with Gasteiger partial charge in [0, 0.05) is 93.0 Å². The summed E-state index contributed by atoms with van der Waals surface area (Å²) in [4.78, 5) is 77.7. The van der Waals surface area contributed by atoms with Crippen LogP contribution in [-0.2, 0) is 14.4 Å². The molecule has 57 heavy (non-hydrogen) atoms. The number of piperazine rings is 1. The van der Waals surface area contributed by atoms with Crippen LogP contribution in [0.2, 0.25) is 0 Å². The molecular weight excluding hydrogens is 749 g/mol. The molecule has 3 fully saturated rings. The summed E-state index contributed by atoms with van der Waals surface area (Å²) in [5, 5.41) is 29.4. The van der Waals surface area contributed by atoms with Gasteiger partial charge in [-0.3, -0.25) is 43.7 Å². The summed E-state index contributed by atoms with van der Waals surface area (Å²) in [5.74, 6) is -1.25. The minimum atomic E-state index is -1.01. The molecule has 0 spiro atoms. The molecule has 0 bridgehead atoms. The highest BCUT2D eigenvalue weighted by Gasteiger charge is 2.45. The third-order valence-corrected chi connectivity index (χ3v) is 12.2. The molecule has 17 nitrogen and oxygen atoms in total. The van der Waals surface area contributed by atoms with Gasteiger partial charge in [-0.05, 0) is 49.6 Å². The number of nitriles is 1. The van der Waals surface area contributed by atoms with Crippen molar-refractivity contribution >= 4 is 63.3 Å². The first-order chi connectivity index (χ1) is 27.7. The van der Waals surface area contributed by atoms with Crippen molar-refractivity contribution in [1.29, 1.82) is 5.26 Å². The van der Waals surface area contributed by atoms with Gasteiger partial charge in [-0.1, -0.05) is 11.3 Å². The molecule has 1 unspecified atom stereocenters. The van der Waals surface area contributed by atoms with Crippen LogP contribution >= 0.6 is 11.3 Å². The number of carbonyl (C=O) groups is 5. The van der Waals surface area contributed by atoms with Crippen LogP contribution in [0, 0.1) is 11.3 Å². The van der Waals surface area contributed by atoms with Gasteiger partial charge in [0.15, 0.2) is 5.01 Å². The van der Waals surface area contributed by atoms with E-state index in [0.29, 0.717) is 43.2 Å². The molecule has 9 rings (SSSR count). The minimum absolute atomic E-state index is 0.0268. The molecule has 5 aromatic rings. The van der Waals surface area contributed by atoms with Gasteiger partial charge < -0.3 is 15.5 Å². The topological polar surface area (TPSA) is 211 Å². The van der Waals surface area contributed by atoms with Crippen molar-refractivity contribution in [1.82, 2.24) is 45.2 Å². The lowest BCUT2D eigenvalue weighted by Gasteiger charge is -2.37. The molecule has 1 saturated carbocycles. The lowest BCUT2D eigenvalue weighted by molar-refractivity contribution is -0.136. The molecule has 3 aliphatic heterocycles. The molecule has 3 N–H and O–H groups in total. The summed E-state index contributed by atoms with van der Waals surface area (Å²) in [7, 11) is 1.84. The molecule has 288 valence electrons. The molecule has 4 aromatic heterocycles. The Labute approximate surface area is 329 Å². The standard InChI is InChI=1S/C39H36N12O5S/c1-41-29-16-31(50-7-6-22-12-21(17-40)18-43-34(22)50)42-19-28(29)37-47-46-36(57-37)23-13-24(14-23)44-33(53)20-48-8-10-49(11-9-48)25-2-3-26-27(15-25)39(56)51(38(26)55)30-4-5-32(52)45-35(30)54/h2-3,6-7,12,15-16,18-19,23-24,30H,4-5,8-11,13-14,20H2,1H3,(H,41,42)(H,44,53)(H,45,52,54)/t23-,24-,30?. The normalized spacial score (nSPS) is 20.9. The number of anilines is 2. The number of nitrogens with one attached hydrogen (secondary N) is 3. The van der Waals surface area contributed by atoms with E-state index in [4.69, 9.17) is 4.98 Å². The van der Waals surface area contributed by atoms with Gasteiger partial charge in [0.2, 0.25) is 17.7 Å². The average molecular weight is 785 g/mol. The SMILES string of the molecule is CNc1cc(-n2ccc3cc(C#N)cnc32)ncc1-c1nnc([C@H]2C[C@H](NC(=O)CN3CCN(c4ccc5c(c4)C(=O)N(C4CCC(=O)NC4=O)C5=O)CC3)C2)s1. The van der Waals surface area contributed by atoms with Crippen molar-refractivity contribution < 1.29 is 24.0 Å². The summed E-state index contributed by atoms with van der Waals surface area (Å²) < 4.78 is 1.88. The highest BCUT2D eigenvalue weighted by atomic mass is 32.1. The molecule has 5 amide bonds. The number of imide groups is 2. The zero-order valence-electron chi connectivity index (χ0n) is 30.8. The van der Waals surface area contributed by atoms with Crippen LogP contribution in [-0.4, -0.2) is 116 Å². The van der Waals surface area contributed by atoms with Crippen LogP contribution in [0.4, 0.5) is 11.4 Å². The Kier molecular flexibility index (Phi) is 9.17. The maximum absolute atomic E-state index is 13.3. The highest BCUT2D eigenvalue weighted by molar-refractivity contribution is 7.14. The molecule has 18 heteroatoms. The summed E-state index contributed by atoms with van der Waals surface area (Å²) in [6.07, 6.45) is 6.95. The van der Waals surface area contributed by atoms with Crippen molar-refractivity contribution in [2.24, 2.45) is 0 Å². The van der Waals surface area contributed by atoms with E-state index in [-0.39, 0.29) is 48.4 Å². The van der Waals surface area contributed by atoms with Crippen LogP contribution in [0.5, 0.6) is 0 Å². The Morgan fingerprint density at radius 1 is 0.965 bits per heavy atom. The number of hydrogen-bond donors (Lipinski definition) is 3. The number of hydrogen-bond acceptors (Lipinski definition) is 14. The van der Waals surface area contributed by atoms with Crippen LogP contribution in [0.1, 0.15) is 62.9 Å². The van der Waals surface area contributed by atoms with Crippen molar-refractivity contribution in [3.8, 4) is 22.5 Å². The first-order valence-electron chi connectivity index (χ1n) is 18.7. The molecule has 0 radical (unpaired) electrons. The van der Waals surface area contributed by atoms with Crippen molar-refractivity contribution in [2.75, 3.05) is 50.0 Å². The van der Waals surface area contributed by atoms with Crippen molar-refractivity contribution in [2.45, 2.75) is 43.7 Å². The summed E-state index contributed by atoms with van der Waals surface area (Å²) in [6.45, 7) is 2.84. The Morgan fingerprint density at radius 3 is 2.54 bits per heavy atom. The maximum atomic E-state index is 13.3. The van der Waals surface area contributed by atoms with Gasteiger partial charge in [0.1, 0.15) is 28.6 Å². The predicted octanol–water partition coefficient (Wildman–Crippen LogP) is 2.44. The van der Waals surface area contributed by atoms with E-state index in [1.54, 1.807) is 36.7 Å². The lowest BCUT2D eigenvalue weighted by Crippen LogP contribution is -2.54. The van der Waals surface area contributed by atoms with Gasteiger partial charge in [-0.15, -0.1) is 10.2 Å². The molecule has 1 aliphatic carbocycles. The third-order valence-electron chi connectivity index (χ3n) is 11.1. The number of fused-ring (bicyclic) bond motifs is 2. The second kappa shape index (κ2) is 14.5. The zero-order chi connectivity index (χ0) is 39.4. The largest absolute Gasteiger partial charge is 0.387 e. The molecule has 4 aliphatic rings. The summed E-state index contributed by atoms with van der Waals surface area (Å²) in [6, 6.07) is 11.9. The fraction of sp³-hybridized carbons (Fsp3) is 0.333. The smallest absolute Gasteiger partial charge is 0.262 e. The molecule has 2 saturated heterocycles. The van der Waals surface area contributed by atoms with Gasteiger partial charge in [0.25, 0.3) is 11.8 Å². The summed E-state index contributed by atoms with van der Waals surface area (Å²) >= 11 is 1.53. The fourth-order valence-electron chi connectivity index (χ4n) is 7.97. The van der Waals surface area contributed by atoms with Crippen LogP contribution in [0.25, 0.3) is 27.4 Å². The molecule has 7 heterocycles. The van der Waals surface area contributed by atoms with Crippen LogP contribution < -0.4 is 20.9 Å². The van der Waals surface area contributed by atoms with E-state index in [2.05, 4.69) is 47.0 Å². The Hall–Kier alpha value is -6.58. The average Bonchev–Trinajstić information content (AvgIpc) is 3.92. The number of pyridine rings is 2. The number of aromatic nitrogens is 5. The van der Waals surface area contributed by atoms with Crippen LogP contribution in [0.15, 0.2) is 55.0 Å².